The number of nitrogens with one attached hydrogen (secondary N) is 7. The molecule has 22 rings (SSSR count). The summed E-state index contributed by atoms with van der Waals surface area (Å²) in [5, 5.41) is 100. The normalized spacial score (nSPS) is 13.1. The lowest BCUT2D eigenvalue weighted by molar-refractivity contribution is 0.403. The minimum absolute atomic E-state index is 0.112. The average molecular weight is 2120 g/mol. The van der Waals surface area contributed by atoms with Crippen LogP contribution in [0.15, 0.2) is 266 Å². The summed E-state index contributed by atoms with van der Waals surface area (Å²) < 4.78 is 5.75. The first-order valence-electron chi connectivity index (χ1n) is 44.3. The van der Waals surface area contributed by atoms with Gasteiger partial charge in [-0.1, -0.05) is 161 Å². The molecule has 0 aliphatic heterocycles. The zero-order valence-corrected chi connectivity index (χ0v) is 86.2. The molecule has 2 saturated carbocycles. The van der Waals surface area contributed by atoms with Gasteiger partial charge in [0.25, 0.3) is 0 Å². The first-order chi connectivity index (χ1) is 68.0. The van der Waals surface area contributed by atoms with Crippen molar-refractivity contribution in [2.24, 2.45) is 4.78 Å². The van der Waals surface area contributed by atoms with Crippen molar-refractivity contribution >= 4 is 211 Å². The van der Waals surface area contributed by atoms with Crippen LogP contribution in [0.25, 0.3) is 94.5 Å². The smallest absolute Gasteiger partial charge is 0.427 e. The third-order valence-corrected chi connectivity index (χ3v) is 28.6. The predicted octanol–water partition coefficient (Wildman–Crippen LogP) is 25.4. The molecule has 20 aromatic rings. The van der Waals surface area contributed by atoms with Crippen molar-refractivity contribution in [1.82, 2.24) is 101 Å². The number of rotatable bonds is 23. The largest absolute Gasteiger partial charge is 0.454 e. The molecule has 2 fully saturated rings. The second-order valence-electron chi connectivity index (χ2n) is 33.2. The summed E-state index contributed by atoms with van der Waals surface area (Å²) >= 11 is 16.6. The van der Waals surface area contributed by atoms with Gasteiger partial charge < -0.3 is 41.9 Å². The van der Waals surface area contributed by atoms with Gasteiger partial charge in [-0.25, -0.2) is 59.8 Å². The molecule has 0 saturated heterocycles. The molecule has 14 aromatic heterocycles. The maximum absolute atomic E-state index is 8.82. The first-order valence-corrected chi connectivity index (χ1v) is 54.7. The van der Waals surface area contributed by atoms with Crippen LogP contribution in [0.5, 0.6) is 0 Å². The van der Waals surface area contributed by atoms with E-state index in [1.54, 1.807) is 111 Å². The molecular weight excluding hydrogens is 2020 g/mol. The molecule has 0 bridgehead atoms. The fourth-order valence-electron chi connectivity index (χ4n) is 13.8. The molecule has 140 heavy (non-hydrogen) atoms. The molecule has 6 atom stereocenters. The van der Waals surface area contributed by atoms with Gasteiger partial charge >= 0.3 is 7.12 Å². The van der Waals surface area contributed by atoms with Gasteiger partial charge in [0, 0.05) is 56.3 Å². The highest BCUT2D eigenvalue weighted by molar-refractivity contribution is 9.10. The summed E-state index contributed by atoms with van der Waals surface area (Å²) in [4.78, 5) is 62.0. The standard InChI is InChI=1S/C18H17N7S.C15H13N7S.2C15H12N4S.2C14H12BrN3S.C3H7BO2.C3H9N3Si/c1-11(21-17-15-8-9-26-18(15)20-10-19-17)12-2-4-13(5-3-12)16-22-24-25(23-16)14-6-7-14;1-9(18-14-12-6-7-23-15(12)17-8-16-14)10-2-4-11(5-3-10)13-19-21-22-20-13;2*1-10(12-4-2-11(8-16)3-5-12)19-14-13-6-7-20-15(13)18-9-17-14;2*1-9(10-2-4-11(15)5-3-10)18-13-12-6-7-19-14(12)17-8-16-13;5-4(6)3-1-2-3;1-7(2,3)6-5-4/h2-5,8-11,14H,6-7H2,1H3,(H,19,20,21);2-9H,1H3,(H,16,17,18)(H,19,20,21,22);2*2-7,9-10H,1H3,(H,17,18,19);2*2-9H,1H3,(H,16,17,18);3,5-6H,1-2H2;1-3H3/t11-;9-;2*10-;2*9-;;/m000000../s1. The van der Waals surface area contributed by atoms with Gasteiger partial charge in [0.05, 0.1) is 61.6 Å². The monoisotopic (exact) mass is 2110 g/mol. The number of nitriles is 2. The van der Waals surface area contributed by atoms with Crippen LogP contribution in [0, 0.1) is 22.7 Å². The number of aromatic nitrogens is 20. The molecule has 0 radical (unpaired) electrons. The lowest BCUT2D eigenvalue weighted by atomic mass is 9.84. The number of azide groups is 1. The molecule has 0 spiro atoms. The van der Waals surface area contributed by atoms with Crippen LogP contribution in [0.1, 0.15) is 154 Å². The van der Waals surface area contributed by atoms with Crippen molar-refractivity contribution in [3.05, 3.63) is 316 Å². The number of hydrogen-bond acceptors (Lipinski definition) is 35. The molecule has 33 nitrogen and oxygen atoms in total. The van der Waals surface area contributed by atoms with E-state index < -0.39 is 15.4 Å². The van der Waals surface area contributed by atoms with Crippen molar-refractivity contribution in [3.8, 4) is 34.9 Å². The Balaban J connectivity index is 0.000000124. The Morgan fingerprint density at radius 2 is 0.671 bits per heavy atom. The second kappa shape index (κ2) is 48.5. The highest BCUT2D eigenvalue weighted by Crippen LogP contribution is 2.39. The Hall–Kier alpha value is -14.0. The summed E-state index contributed by atoms with van der Waals surface area (Å²) in [5.41, 5.74) is 18.2. The van der Waals surface area contributed by atoms with Crippen molar-refractivity contribution in [1.29, 1.82) is 10.5 Å². The molecule has 2 aliphatic carbocycles. The van der Waals surface area contributed by atoms with Crippen LogP contribution in [0.2, 0.25) is 25.5 Å². The van der Waals surface area contributed by atoms with Gasteiger partial charge in [-0.2, -0.15) is 20.5 Å². The zero-order valence-electron chi connectivity index (χ0n) is 77.1. The number of H-pyrrole nitrogens is 1. The van der Waals surface area contributed by atoms with Gasteiger partial charge in [-0.15, -0.1) is 93.2 Å². The molecule has 2 aliphatic rings. The number of anilines is 6. The number of benzene rings is 6. The topological polar surface area (TPSA) is 462 Å². The highest BCUT2D eigenvalue weighted by atomic mass is 79.9. The summed E-state index contributed by atoms with van der Waals surface area (Å²) in [6.45, 7) is 18.6. The Kier molecular flexibility index (Phi) is 34.8. The van der Waals surface area contributed by atoms with Crippen LogP contribution < -0.4 is 31.9 Å². The van der Waals surface area contributed by atoms with Crippen molar-refractivity contribution < 1.29 is 10.0 Å². The summed E-state index contributed by atoms with van der Waals surface area (Å²) in [6, 6.07) is 65.9. The highest BCUT2D eigenvalue weighted by Gasteiger charge is 2.33. The Labute approximate surface area is 848 Å². The predicted molar refractivity (Wildman–Crippen MR) is 574 cm³/mol. The molecule has 9 N–H and O–H groups in total. The lowest BCUT2D eigenvalue weighted by Crippen LogP contribution is -2.13. The molecule has 0 amide bonds. The summed E-state index contributed by atoms with van der Waals surface area (Å²) in [6.07, 6.45) is 13.9. The Bertz CT molecular complexity index is 7280. The van der Waals surface area contributed by atoms with E-state index in [2.05, 4.69) is 284 Å². The number of fused-ring (bicyclic) bond motifs is 6. The summed E-state index contributed by atoms with van der Waals surface area (Å²) in [7, 11) is -2.49. The number of hydrogen-bond donors (Lipinski definition) is 9. The van der Waals surface area contributed by atoms with Gasteiger partial charge in [0.15, 0.2) is 0 Å². The lowest BCUT2D eigenvalue weighted by Gasteiger charge is -2.15. The molecule has 706 valence electrons. The number of thiophene rings is 6. The van der Waals surface area contributed by atoms with E-state index in [9.17, 15) is 0 Å². The minimum Gasteiger partial charge on any atom is -0.427 e. The maximum atomic E-state index is 8.82. The molecule has 0 unspecified atom stereocenters. The van der Waals surface area contributed by atoms with Crippen molar-refractivity contribution in [2.75, 3.05) is 31.9 Å². The van der Waals surface area contributed by atoms with Gasteiger partial charge in [0.2, 0.25) is 11.6 Å². The van der Waals surface area contributed by atoms with E-state index in [-0.39, 0.29) is 42.1 Å². The van der Waals surface area contributed by atoms with Crippen LogP contribution >= 0.6 is 99.9 Å². The van der Waals surface area contributed by atoms with E-state index in [4.69, 9.17) is 26.1 Å². The summed E-state index contributed by atoms with van der Waals surface area (Å²) in [5.74, 6) is 6.66. The van der Waals surface area contributed by atoms with Crippen LogP contribution in [-0.2, 0) is 0 Å². The van der Waals surface area contributed by atoms with Crippen molar-refractivity contribution in [2.45, 2.75) is 135 Å². The van der Waals surface area contributed by atoms with E-state index in [1.165, 1.54) is 16.7 Å². The zero-order chi connectivity index (χ0) is 98.0. The van der Waals surface area contributed by atoms with Gasteiger partial charge in [-0.3, -0.25) is 0 Å². The second-order valence-corrected chi connectivity index (χ2v) is 44.9. The maximum Gasteiger partial charge on any atom is 0.454 e. The van der Waals surface area contributed by atoms with Gasteiger partial charge in [-0.05, 0) is 232 Å². The Morgan fingerprint density at radius 1 is 0.400 bits per heavy atom. The van der Waals surface area contributed by atoms with Crippen LogP contribution in [-0.4, -0.2) is 126 Å². The van der Waals surface area contributed by atoms with E-state index >= 15 is 0 Å². The number of aromatic amines is 1. The Morgan fingerprint density at radius 3 is 0.893 bits per heavy atom. The molecule has 6 aromatic carbocycles. The molecule has 43 heteroatoms. The molecular formula is C97H94BBr2N31O2S6Si. The SMILES string of the molecule is C[C@H](Nc1ncnc2sccc12)c1ccc(-c2nn[nH]n2)cc1.C[C@H](Nc1ncnc2sccc12)c1ccc(-c2nnn(C3CC3)n2)cc1.C[C@H](Nc1ncnc2sccc12)c1ccc(Br)cc1.C[C@H](Nc1ncnc2sccc12)c1ccc(Br)cc1.C[C@H](Nc1ncnc2sccc12)c1ccc(C#N)cc1.C[C@H](Nc1ncnc2sccc12)c1ccc(C#N)cc1.C[Si](C)(C)N=[N+]=[N-].OB(O)C1CC1. The first kappa shape index (κ1) is 100. The number of tetrazole rings is 2. The van der Waals surface area contributed by atoms with E-state index in [0.717, 1.165) is 159 Å². The van der Waals surface area contributed by atoms with Gasteiger partial charge in [0.1, 0.15) is 110 Å². The fourth-order valence-corrected chi connectivity index (χ4v) is 19.0. The van der Waals surface area contributed by atoms with Crippen molar-refractivity contribution in [3.63, 3.8) is 0 Å². The van der Waals surface area contributed by atoms with Crippen LogP contribution in [0.3, 0.4) is 0 Å². The van der Waals surface area contributed by atoms with E-state index in [1.807, 2.05) is 173 Å². The third kappa shape index (κ3) is 27.7. The number of halogens is 2. The third-order valence-electron chi connectivity index (χ3n) is 21.9. The quantitative estimate of drug-likeness (QED) is 0.0124. The minimum atomic E-state index is -1.45. The van der Waals surface area contributed by atoms with Crippen LogP contribution in [0.4, 0.5) is 34.9 Å². The van der Waals surface area contributed by atoms with E-state index in [0.29, 0.717) is 28.8 Å². The average Bonchev–Trinajstić information content (AvgIpc) is 1.65. The molecule has 14 heterocycles. The fraction of sp³-hybridized carbons (Fsp3) is 0.216. The number of nitrogens with zero attached hydrogens (tertiary/aromatic N) is 24.